The molecule has 106 valence electrons. The van der Waals surface area contributed by atoms with Crippen molar-refractivity contribution in [3.05, 3.63) is 29.8 Å². The maximum absolute atomic E-state index is 5.76. The highest BCUT2D eigenvalue weighted by molar-refractivity contribution is 5.39. The highest BCUT2D eigenvalue weighted by Gasteiger charge is 2.27. The fourth-order valence-electron chi connectivity index (χ4n) is 3.47. The van der Waals surface area contributed by atoms with Crippen LogP contribution in [0.25, 0.3) is 0 Å². The Morgan fingerprint density at radius 1 is 1.11 bits per heavy atom. The number of anilines is 1. The average Bonchev–Trinajstić information content (AvgIpc) is 2.46. The van der Waals surface area contributed by atoms with Crippen LogP contribution in [0.1, 0.15) is 51.5 Å². The lowest BCUT2D eigenvalue weighted by Gasteiger charge is -2.39. The molecule has 0 bridgehead atoms. The van der Waals surface area contributed by atoms with Crippen molar-refractivity contribution in [2.24, 2.45) is 5.92 Å². The summed E-state index contributed by atoms with van der Waals surface area (Å²) >= 11 is 0. The number of nitrogen functional groups attached to an aromatic ring is 1. The summed E-state index contributed by atoms with van der Waals surface area (Å²) in [6.07, 6.45) is 6.94. The van der Waals surface area contributed by atoms with Crippen molar-refractivity contribution in [3.8, 4) is 0 Å². The Bertz CT molecular complexity index is 371. The summed E-state index contributed by atoms with van der Waals surface area (Å²) in [5.41, 5.74) is 8.01. The molecule has 2 N–H and O–H groups in total. The molecule has 0 aliphatic heterocycles. The van der Waals surface area contributed by atoms with E-state index >= 15 is 0 Å². The first-order chi connectivity index (χ1) is 9.24. The van der Waals surface area contributed by atoms with Crippen LogP contribution in [0.15, 0.2) is 24.3 Å². The summed E-state index contributed by atoms with van der Waals surface area (Å²) in [5, 5.41) is 0. The molecule has 1 aromatic rings. The van der Waals surface area contributed by atoms with Gasteiger partial charge in [0.1, 0.15) is 0 Å². The van der Waals surface area contributed by atoms with Crippen LogP contribution in [-0.4, -0.2) is 17.5 Å². The van der Waals surface area contributed by atoms with Crippen LogP contribution in [0.2, 0.25) is 0 Å². The van der Waals surface area contributed by atoms with Crippen molar-refractivity contribution >= 4 is 5.69 Å². The van der Waals surface area contributed by atoms with Crippen LogP contribution < -0.4 is 5.73 Å². The zero-order chi connectivity index (χ0) is 13.7. The van der Waals surface area contributed by atoms with E-state index in [1.54, 1.807) is 0 Å². The van der Waals surface area contributed by atoms with E-state index in [1.807, 2.05) is 12.1 Å². The summed E-state index contributed by atoms with van der Waals surface area (Å²) < 4.78 is 0. The molecule has 0 saturated heterocycles. The molecule has 1 aliphatic rings. The highest BCUT2D eigenvalue weighted by atomic mass is 15.2. The van der Waals surface area contributed by atoms with E-state index < -0.39 is 0 Å². The summed E-state index contributed by atoms with van der Waals surface area (Å²) in [7, 11) is 0. The van der Waals surface area contributed by atoms with Crippen molar-refractivity contribution in [3.63, 3.8) is 0 Å². The number of hydrogen-bond acceptors (Lipinski definition) is 2. The lowest BCUT2D eigenvalue weighted by Crippen LogP contribution is -2.41. The van der Waals surface area contributed by atoms with Gasteiger partial charge in [-0.05, 0) is 43.0 Å². The van der Waals surface area contributed by atoms with Crippen LogP contribution in [-0.2, 0) is 6.54 Å². The van der Waals surface area contributed by atoms with Crippen molar-refractivity contribution < 1.29 is 0 Å². The molecule has 0 aromatic heterocycles. The molecule has 2 nitrogen and oxygen atoms in total. The van der Waals surface area contributed by atoms with Gasteiger partial charge >= 0.3 is 0 Å². The summed E-state index contributed by atoms with van der Waals surface area (Å²) in [6.45, 7) is 6.85. The largest absolute Gasteiger partial charge is 0.399 e. The summed E-state index contributed by atoms with van der Waals surface area (Å²) in [5.74, 6) is 0.891. The molecule has 2 heteroatoms. The van der Waals surface area contributed by atoms with Crippen LogP contribution in [0.5, 0.6) is 0 Å². The van der Waals surface area contributed by atoms with Gasteiger partial charge < -0.3 is 5.73 Å². The van der Waals surface area contributed by atoms with Gasteiger partial charge in [-0.1, -0.05) is 45.2 Å². The van der Waals surface area contributed by atoms with E-state index in [-0.39, 0.29) is 0 Å². The Kier molecular flexibility index (Phi) is 5.26. The molecule has 2 atom stereocenters. The molecule has 0 amide bonds. The predicted molar refractivity (Wildman–Crippen MR) is 83.0 cm³/mol. The van der Waals surface area contributed by atoms with Gasteiger partial charge in [-0.3, -0.25) is 4.90 Å². The number of benzene rings is 1. The number of hydrogen-bond donors (Lipinski definition) is 1. The second-order valence-electron chi connectivity index (χ2n) is 5.82. The molecule has 1 fully saturated rings. The maximum atomic E-state index is 5.76. The van der Waals surface area contributed by atoms with Crippen molar-refractivity contribution in [1.29, 1.82) is 0 Å². The molecule has 0 radical (unpaired) electrons. The highest BCUT2D eigenvalue weighted by Crippen LogP contribution is 2.31. The van der Waals surface area contributed by atoms with Crippen molar-refractivity contribution in [1.82, 2.24) is 4.90 Å². The molecule has 0 spiro atoms. The van der Waals surface area contributed by atoms with Gasteiger partial charge in [0.05, 0.1) is 0 Å². The summed E-state index contributed by atoms with van der Waals surface area (Å²) in [6, 6.07) is 9.15. The molecular weight excluding hydrogens is 232 g/mol. The second-order valence-corrected chi connectivity index (χ2v) is 5.82. The molecule has 2 rings (SSSR count). The zero-order valence-corrected chi connectivity index (χ0v) is 12.4. The molecule has 1 aromatic carbocycles. The number of nitrogens with zero attached hydrogens (tertiary/aromatic N) is 1. The maximum Gasteiger partial charge on any atom is 0.0314 e. The Morgan fingerprint density at radius 2 is 1.79 bits per heavy atom. The second kappa shape index (κ2) is 6.95. The molecule has 1 saturated carbocycles. The van der Waals surface area contributed by atoms with Crippen LogP contribution >= 0.6 is 0 Å². The van der Waals surface area contributed by atoms with E-state index in [1.165, 1.54) is 37.7 Å². The van der Waals surface area contributed by atoms with E-state index in [0.29, 0.717) is 0 Å². The minimum Gasteiger partial charge on any atom is -0.399 e. The molecule has 19 heavy (non-hydrogen) atoms. The quantitative estimate of drug-likeness (QED) is 0.809. The minimum absolute atomic E-state index is 0.779. The fourth-order valence-corrected chi connectivity index (χ4v) is 3.47. The van der Waals surface area contributed by atoms with Gasteiger partial charge in [0.2, 0.25) is 0 Å². The Hall–Kier alpha value is -1.02. The SMILES string of the molecule is CCC1CCCCC1N(CC)Cc1ccc(N)cc1. The Labute approximate surface area is 118 Å². The normalized spacial score (nSPS) is 23.7. The third-order valence-electron chi connectivity index (χ3n) is 4.63. The first-order valence-corrected chi connectivity index (χ1v) is 7.83. The van der Waals surface area contributed by atoms with Gasteiger partial charge in [0.25, 0.3) is 0 Å². The summed E-state index contributed by atoms with van der Waals surface area (Å²) in [4.78, 5) is 2.67. The fraction of sp³-hybridized carbons (Fsp3) is 0.647. The third kappa shape index (κ3) is 3.73. The average molecular weight is 260 g/mol. The van der Waals surface area contributed by atoms with Gasteiger partial charge in [0.15, 0.2) is 0 Å². The van der Waals surface area contributed by atoms with Gasteiger partial charge in [-0.15, -0.1) is 0 Å². The molecule has 0 heterocycles. The van der Waals surface area contributed by atoms with Gasteiger partial charge in [0, 0.05) is 18.3 Å². The number of nitrogens with two attached hydrogens (primary N) is 1. The van der Waals surface area contributed by atoms with Gasteiger partial charge in [-0.25, -0.2) is 0 Å². The monoisotopic (exact) mass is 260 g/mol. The van der Waals surface area contributed by atoms with Crippen LogP contribution in [0, 0.1) is 5.92 Å². The van der Waals surface area contributed by atoms with Gasteiger partial charge in [-0.2, -0.15) is 0 Å². The first kappa shape index (κ1) is 14.4. The predicted octanol–water partition coefficient (Wildman–Crippen LogP) is 4.06. The Balaban J connectivity index is 2.04. The Morgan fingerprint density at radius 3 is 2.42 bits per heavy atom. The zero-order valence-electron chi connectivity index (χ0n) is 12.4. The van der Waals surface area contributed by atoms with E-state index in [0.717, 1.165) is 30.7 Å². The third-order valence-corrected chi connectivity index (χ3v) is 4.63. The molecular formula is C17H28N2. The number of rotatable bonds is 5. The van der Waals surface area contributed by atoms with E-state index in [4.69, 9.17) is 5.73 Å². The standard InChI is InChI=1S/C17H28N2/c1-3-15-7-5-6-8-17(15)19(4-2)13-14-9-11-16(18)12-10-14/h9-12,15,17H,3-8,13,18H2,1-2H3. The van der Waals surface area contributed by atoms with Crippen LogP contribution in [0.3, 0.4) is 0 Å². The molecule has 1 aliphatic carbocycles. The van der Waals surface area contributed by atoms with Crippen molar-refractivity contribution in [2.75, 3.05) is 12.3 Å². The first-order valence-electron chi connectivity index (χ1n) is 7.83. The minimum atomic E-state index is 0.779. The lowest BCUT2D eigenvalue weighted by molar-refractivity contribution is 0.0994. The van der Waals surface area contributed by atoms with E-state index in [9.17, 15) is 0 Å². The van der Waals surface area contributed by atoms with Crippen molar-refractivity contribution in [2.45, 2.75) is 58.5 Å². The topological polar surface area (TPSA) is 29.3 Å². The smallest absolute Gasteiger partial charge is 0.0314 e. The van der Waals surface area contributed by atoms with Crippen LogP contribution in [0.4, 0.5) is 5.69 Å². The lowest BCUT2D eigenvalue weighted by atomic mass is 9.82. The van der Waals surface area contributed by atoms with E-state index in [2.05, 4.69) is 30.9 Å². The molecule has 2 unspecified atom stereocenters.